The third-order valence-corrected chi connectivity index (χ3v) is 3.81. The fourth-order valence-corrected chi connectivity index (χ4v) is 2.81. The van der Waals surface area contributed by atoms with Gasteiger partial charge in [-0.25, -0.2) is 0 Å². The SMILES string of the molecule is C=CCCCC(NCCC)c1snnc1CCC. The van der Waals surface area contributed by atoms with Crippen LogP contribution in [0.25, 0.3) is 0 Å². The Morgan fingerprint density at radius 1 is 1.39 bits per heavy atom. The normalized spacial score (nSPS) is 12.6. The van der Waals surface area contributed by atoms with E-state index in [0.717, 1.165) is 38.6 Å². The van der Waals surface area contributed by atoms with Crippen LogP contribution in [0.4, 0.5) is 0 Å². The Bertz CT molecular complexity index is 336. The molecule has 1 atom stereocenters. The number of aryl methyl sites for hydroxylation is 1. The summed E-state index contributed by atoms with van der Waals surface area (Å²) >= 11 is 1.56. The van der Waals surface area contributed by atoms with Crippen LogP contribution in [0.15, 0.2) is 12.7 Å². The summed E-state index contributed by atoms with van der Waals surface area (Å²) < 4.78 is 4.13. The number of hydrogen-bond acceptors (Lipinski definition) is 4. The van der Waals surface area contributed by atoms with Gasteiger partial charge in [0.05, 0.1) is 10.6 Å². The van der Waals surface area contributed by atoms with Gasteiger partial charge in [-0.1, -0.05) is 30.8 Å². The zero-order valence-corrected chi connectivity index (χ0v) is 12.4. The van der Waals surface area contributed by atoms with Crippen LogP contribution in [0, 0.1) is 0 Å². The predicted octanol–water partition coefficient (Wildman–Crippen LogP) is 3.89. The summed E-state index contributed by atoms with van der Waals surface area (Å²) in [6.07, 6.45) is 8.73. The zero-order chi connectivity index (χ0) is 13.2. The highest BCUT2D eigenvalue weighted by Gasteiger charge is 2.17. The van der Waals surface area contributed by atoms with Crippen molar-refractivity contribution in [2.24, 2.45) is 0 Å². The van der Waals surface area contributed by atoms with Gasteiger partial charge in [0, 0.05) is 6.04 Å². The molecular formula is C14H25N3S. The molecule has 0 amide bonds. The van der Waals surface area contributed by atoms with Crippen molar-refractivity contribution in [1.82, 2.24) is 14.9 Å². The molecule has 0 aliphatic carbocycles. The molecule has 3 nitrogen and oxygen atoms in total. The van der Waals surface area contributed by atoms with Gasteiger partial charge in [0.25, 0.3) is 0 Å². The summed E-state index contributed by atoms with van der Waals surface area (Å²) in [6, 6.07) is 0.423. The molecule has 18 heavy (non-hydrogen) atoms. The number of rotatable bonds is 10. The summed E-state index contributed by atoms with van der Waals surface area (Å²) in [7, 11) is 0. The number of aromatic nitrogens is 2. The number of allylic oxidation sites excluding steroid dienone is 1. The van der Waals surface area contributed by atoms with E-state index >= 15 is 0 Å². The van der Waals surface area contributed by atoms with E-state index in [-0.39, 0.29) is 0 Å². The fourth-order valence-electron chi connectivity index (χ4n) is 2.00. The molecule has 1 heterocycles. The van der Waals surface area contributed by atoms with Crippen molar-refractivity contribution in [2.45, 2.75) is 58.4 Å². The maximum Gasteiger partial charge on any atom is 0.0803 e. The van der Waals surface area contributed by atoms with E-state index in [1.54, 1.807) is 11.5 Å². The molecule has 0 radical (unpaired) electrons. The van der Waals surface area contributed by atoms with Crippen molar-refractivity contribution in [3.63, 3.8) is 0 Å². The Morgan fingerprint density at radius 3 is 2.89 bits per heavy atom. The quantitative estimate of drug-likeness (QED) is 0.516. The van der Waals surface area contributed by atoms with Crippen molar-refractivity contribution < 1.29 is 0 Å². The molecule has 1 aromatic heterocycles. The molecule has 1 unspecified atom stereocenters. The van der Waals surface area contributed by atoms with Crippen LogP contribution in [0.2, 0.25) is 0 Å². The Kier molecular flexibility index (Phi) is 7.85. The van der Waals surface area contributed by atoms with Crippen LogP contribution in [0.5, 0.6) is 0 Å². The molecule has 0 aromatic carbocycles. The van der Waals surface area contributed by atoms with E-state index in [1.807, 2.05) is 6.08 Å². The number of unbranched alkanes of at least 4 members (excludes halogenated alkanes) is 1. The van der Waals surface area contributed by atoms with E-state index < -0.39 is 0 Å². The fraction of sp³-hybridized carbons (Fsp3) is 0.714. The molecule has 0 saturated heterocycles. The molecule has 1 rings (SSSR count). The smallest absolute Gasteiger partial charge is 0.0803 e. The second-order valence-electron chi connectivity index (χ2n) is 4.56. The van der Waals surface area contributed by atoms with Gasteiger partial charge < -0.3 is 5.32 Å². The first kappa shape index (κ1) is 15.3. The lowest BCUT2D eigenvalue weighted by Gasteiger charge is -2.17. The van der Waals surface area contributed by atoms with Crippen LogP contribution >= 0.6 is 11.5 Å². The van der Waals surface area contributed by atoms with E-state index in [2.05, 4.69) is 35.3 Å². The highest BCUT2D eigenvalue weighted by Crippen LogP contribution is 2.26. The van der Waals surface area contributed by atoms with E-state index in [4.69, 9.17) is 0 Å². The largest absolute Gasteiger partial charge is 0.309 e. The van der Waals surface area contributed by atoms with Crippen LogP contribution in [-0.2, 0) is 6.42 Å². The lowest BCUT2D eigenvalue weighted by molar-refractivity contribution is 0.488. The Morgan fingerprint density at radius 2 is 2.22 bits per heavy atom. The molecule has 0 spiro atoms. The first-order chi connectivity index (χ1) is 8.83. The minimum Gasteiger partial charge on any atom is -0.309 e. The lowest BCUT2D eigenvalue weighted by atomic mass is 10.0. The van der Waals surface area contributed by atoms with Crippen LogP contribution in [0.3, 0.4) is 0 Å². The van der Waals surface area contributed by atoms with Crippen LogP contribution in [0.1, 0.15) is 62.6 Å². The summed E-state index contributed by atoms with van der Waals surface area (Å²) in [6.45, 7) is 9.23. The van der Waals surface area contributed by atoms with E-state index in [1.165, 1.54) is 17.0 Å². The van der Waals surface area contributed by atoms with Gasteiger partial charge in [0.15, 0.2) is 0 Å². The highest BCUT2D eigenvalue weighted by molar-refractivity contribution is 7.05. The number of nitrogens with one attached hydrogen (secondary N) is 1. The van der Waals surface area contributed by atoms with Gasteiger partial charge in [-0.15, -0.1) is 11.7 Å². The zero-order valence-electron chi connectivity index (χ0n) is 11.6. The summed E-state index contributed by atoms with van der Waals surface area (Å²) in [5, 5.41) is 7.90. The lowest BCUT2D eigenvalue weighted by Crippen LogP contribution is -2.22. The average Bonchev–Trinajstić information content (AvgIpc) is 2.82. The third-order valence-electron chi connectivity index (χ3n) is 2.93. The van der Waals surface area contributed by atoms with Crippen LogP contribution < -0.4 is 5.32 Å². The third kappa shape index (κ3) is 4.86. The van der Waals surface area contributed by atoms with Crippen molar-refractivity contribution >= 4 is 11.5 Å². The molecule has 0 bridgehead atoms. The minimum atomic E-state index is 0.423. The molecule has 1 N–H and O–H groups in total. The van der Waals surface area contributed by atoms with Gasteiger partial charge in [-0.2, -0.15) is 0 Å². The van der Waals surface area contributed by atoms with E-state index in [9.17, 15) is 0 Å². The molecule has 0 aliphatic rings. The number of hydrogen-bond donors (Lipinski definition) is 1. The maximum absolute atomic E-state index is 4.27. The van der Waals surface area contributed by atoms with Crippen LogP contribution in [-0.4, -0.2) is 16.1 Å². The standard InChI is InChI=1S/C14H25N3S/c1-4-7-8-10-12(15-11-6-3)14-13(9-5-2)16-17-18-14/h4,12,15H,1,5-11H2,2-3H3. The Hall–Kier alpha value is -0.740. The Labute approximate surface area is 115 Å². The van der Waals surface area contributed by atoms with Crippen molar-refractivity contribution in [1.29, 1.82) is 0 Å². The second-order valence-corrected chi connectivity index (χ2v) is 5.35. The molecular weight excluding hydrogens is 242 g/mol. The summed E-state index contributed by atoms with van der Waals surface area (Å²) in [5.41, 5.74) is 1.19. The van der Waals surface area contributed by atoms with Gasteiger partial charge >= 0.3 is 0 Å². The number of nitrogens with zero attached hydrogens (tertiary/aromatic N) is 2. The van der Waals surface area contributed by atoms with E-state index in [0.29, 0.717) is 6.04 Å². The minimum absolute atomic E-state index is 0.423. The summed E-state index contributed by atoms with van der Waals surface area (Å²) in [4.78, 5) is 1.34. The highest BCUT2D eigenvalue weighted by atomic mass is 32.1. The molecule has 1 aromatic rings. The van der Waals surface area contributed by atoms with Gasteiger partial charge in [0.2, 0.25) is 0 Å². The first-order valence-electron chi connectivity index (χ1n) is 6.98. The van der Waals surface area contributed by atoms with Gasteiger partial charge in [-0.05, 0) is 50.2 Å². The molecule has 0 saturated carbocycles. The summed E-state index contributed by atoms with van der Waals surface area (Å²) in [5.74, 6) is 0. The second kappa shape index (κ2) is 9.22. The molecule has 0 fully saturated rings. The van der Waals surface area contributed by atoms with Crippen molar-refractivity contribution in [2.75, 3.05) is 6.54 Å². The first-order valence-corrected chi connectivity index (χ1v) is 7.76. The predicted molar refractivity (Wildman–Crippen MR) is 79.0 cm³/mol. The maximum atomic E-state index is 4.27. The average molecular weight is 267 g/mol. The monoisotopic (exact) mass is 267 g/mol. The van der Waals surface area contributed by atoms with Crippen molar-refractivity contribution in [3.05, 3.63) is 23.2 Å². The van der Waals surface area contributed by atoms with Crippen molar-refractivity contribution in [3.8, 4) is 0 Å². The molecule has 102 valence electrons. The topological polar surface area (TPSA) is 37.8 Å². The Balaban J connectivity index is 2.66. The molecule has 0 aliphatic heterocycles. The van der Waals surface area contributed by atoms with Gasteiger partial charge in [0.1, 0.15) is 0 Å². The van der Waals surface area contributed by atoms with Gasteiger partial charge in [-0.3, -0.25) is 0 Å². The molecule has 4 heteroatoms.